The summed E-state index contributed by atoms with van der Waals surface area (Å²) in [4.78, 5) is 16.8. The van der Waals surface area contributed by atoms with Crippen LogP contribution >= 0.6 is 0 Å². The molecular formula is C37H31NO3. The molecule has 0 aromatic heterocycles. The van der Waals surface area contributed by atoms with E-state index in [1.165, 1.54) is 0 Å². The Morgan fingerprint density at radius 1 is 0.756 bits per heavy atom. The van der Waals surface area contributed by atoms with Crippen LogP contribution in [-0.2, 0) is 17.8 Å². The predicted molar refractivity (Wildman–Crippen MR) is 162 cm³/mol. The Hall–Kier alpha value is -4.83. The van der Waals surface area contributed by atoms with Gasteiger partial charge in [-0.15, -0.1) is 0 Å². The molecule has 0 saturated heterocycles. The summed E-state index contributed by atoms with van der Waals surface area (Å²) in [5.41, 5.74) is 7.17. The Morgan fingerprint density at radius 2 is 1.39 bits per heavy atom. The molecule has 1 atom stereocenters. The van der Waals surface area contributed by atoms with Crippen LogP contribution in [0.25, 0.3) is 0 Å². The standard InChI is InChI=1S/C37H31NO3/c39-37-35(31-23-29-19-12-22-40-33(29)24-34(31)41-25-26-13-4-1-5-14-26)30-20-10-11-21-32(30)38(37)36(27-15-6-2-7-16-27)28-17-8-3-9-18-28/h1-11,13-18,20-21,23-24,35-36H,12,19,22,25H2. The summed E-state index contributed by atoms with van der Waals surface area (Å²) >= 11 is 0. The minimum atomic E-state index is -0.487. The van der Waals surface area contributed by atoms with E-state index < -0.39 is 5.92 Å². The highest BCUT2D eigenvalue weighted by molar-refractivity contribution is 6.08. The van der Waals surface area contributed by atoms with Gasteiger partial charge in [-0.2, -0.15) is 0 Å². The molecule has 202 valence electrons. The van der Waals surface area contributed by atoms with Crippen LogP contribution in [0, 0.1) is 0 Å². The highest BCUT2D eigenvalue weighted by atomic mass is 16.5. The average Bonchev–Trinajstić information content (AvgIpc) is 3.32. The van der Waals surface area contributed by atoms with E-state index in [9.17, 15) is 4.79 Å². The molecule has 0 aliphatic carbocycles. The third-order valence-corrected chi connectivity index (χ3v) is 8.07. The lowest BCUT2D eigenvalue weighted by molar-refractivity contribution is -0.118. The van der Waals surface area contributed by atoms with Crippen LogP contribution < -0.4 is 14.4 Å². The fourth-order valence-corrected chi connectivity index (χ4v) is 6.16. The first kappa shape index (κ1) is 25.2. The first-order valence-electron chi connectivity index (χ1n) is 14.3. The maximum atomic E-state index is 14.8. The van der Waals surface area contributed by atoms with Crippen molar-refractivity contribution in [2.75, 3.05) is 11.5 Å². The van der Waals surface area contributed by atoms with Gasteiger partial charge < -0.3 is 9.47 Å². The molecule has 0 spiro atoms. The van der Waals surface area contributed by atoms with Crippen molar-refractivity contribution in [2.24, 2.45) is 0 Å². The third kappa shape index (κ3) is 4.76. The lowest BCUT2D eigenvalue weighted by atomic mass is 9.89. The van der Waals surface area contributed by atoms with Gasteiger partial charge in [-0.1, -0.05) is 109 Å². The first-order valence-corrected chi connectivity index (χ1v) is 14.3. The fraction of sp³-hybridized carbons (Fsp3) is 0.162. The minimum absolute atomic E-state index is 0.0464. The van der Waals surface area contributed by atoms with E-state index >= 15 is 0 Å². The summed E-state index contributed by atoms with van der Waals surface area (Å²) in [6.45, 7) is 1.11. The summed E-state index contributed by atoms with van der Waals surface area (Å²) < 4.78 is 12.5. The Balaban J connectivity index is 1.36. The summed E-state index contributed by atoms with van der Waals surface area (Å²) in [7, 11) is 0. The normalized spacial score (nSPS) is 15.8. The zero-order chi connectivity index (χ0) is 27.6. The van der Waals surface area contributed by atoms with Gasteiger partial charge in [-0.3, -0.25) is 9.69 Å². The van der Waals surface area contributed by atoms with Crippen LogP contribution in [0.3, 0.4) is 0 Å². The SMILES string of the molecule is O=C1C(c2cc3c(cc2OCc2ccccc2)OCCC3)c2ccccc2N1C(c1ccccc1)c1ccccc1. The van der Waals surface area contributed by atoms with Crippen LogP contribution in [-0.4, -0.2) is 12.5 Å². The summed E-state index contributed by atoms with van der Waals surface area (Å²) in [5, 5.41) is 0. The molecule has 2 aliphatic rings. The number of nitrogens with zero attached hydrogens (tertiary/aromatic N) is 1. The lowest BCUT2D eigenvalue weighted by Gasteiger charge is -2.30. The lowest BCUT2D eigenvalue weighted by Crippen LogP contribution is -2.34. The van der Waals surface area contributed by atoms with Gasteiger partial charge in [0, 0.05) is 17.3 Å². The molecule has 0 N–H and O–H groups in total. The van der Waals surface area contributed by atoms with E-state index in [-0.39, 0.29) is 11.9 Å². The fourth-order valence-electron chi connectivity index (χ4n) is 6.16. The maximum absolute atomic E-state index is 14.8. The van der Waals surface area contributed by atoms with E-state index in [0.29, 0.717) is 19.0 Å². The summed E-state index contributed by atoms with van der Waals surface area (Å²) in [5.74, 6) is 1.11. The van der Waals surface area contributed by atoms with Crippen molar-refractivity contribution in [3.63, 3.8) is 0 Å². The number of para-hydroxylation sites is 1. The van der Waals surface area contributed by atoms with Crippen molar-refractivity contribution in [2.45, 2.75) is 31.4 Å². The minimum Gasteiger partial charge on any atom is -0.493 e. The molecule has 2 aliphatic heterocycles. The van der Waals surface area contributed by atoms with Gasteiger partial charge in [-0.25, -0.2) is 0 Å². The number of hydrogen-bond acceptors (Lipinski definition) is 3. The van der Waals surface area contributed by atoms with Crippen LogP contribution in [0.2, 0.25) is 0 Å². The van der Waals surface area contributed by atoms with E-state index in [0.717, 1.165) is 57.7 Å². The monoisotopic (exact) mass is 537 g/mol. The van der Waals surface area contributed by atoms with Crippen molar-refractivity contribution in [3.05, 3.63) is 161 Å². The molecular weight excluding hydrogens is 506 g/mol. The Bertz CT molecular complexity index is 1630. The second-order valence-electron chi connectivity index (χ2n) is 10.6. The number of rotatable bonds is 7. The van der Waals surface area contributed by atoms with Gasteiger partial charge in [0.15, 0.2) is 0 Å². The molecule has 7 rings (SSSR count). The molecule has 5 aromatic carbocycles. The molecule has 4 heteroatoms. The van der Waals surface area contributed by atoms with Gasteiger partial charge in [0.25, 0.3) is 0 Å². The number of hydrogen-bond donors (Lipinski definition) is 0. The van der Waals surface area contributed by atoms with Gasteiger partial charge >= 0.3 is 0 Å². The molecule has 5 aromatic rings. The molecule has 0 bridgehead atoms. The first-order chi connectivity index (χ1) is 20.3. The quantitative estimate of drug-likeness (QED) is 0.212. The Labute approximate surface area is 240 Å². The van der Waals surface area contributed by atoms with Crippen molar-refractivity contribution in [3.8, 4) is 11.5 Å². The highest BCUT2D eigenvalue weighted by Crippen LogP contribution is 2.49. The molecule has 0 radical (unpaired) electrons. The second kappa shape index (κ2) is 11.0. The van der Waals surface area contributed by atoms with E-state index in [1.54, 1.807) is 0 Å². The van der Waals surface area contributed by atoms with Gasteiger partial charge in [0.2, 0.25) is 5.91 Å². The zero-order valence-electron chi connectivity index (χ0n) is 22.8. The molecule has 41 heavy (non-hydrogen) atoms. The molecule has 1 amide bonds. The van der Waals surface area contributed by atoms with Crippen LogP contribution in [0.4, 0.5) is 5.69 Å². The summed E-state index contributed by atoms with van der Waals surface area (Å²) in [6.07, 6.45) is 1.88. The molecule has 2 heterocycles. The number of anilines is 1. The number of carbonyl (C=O) groups excluding carboxylic acids is 1. The number of benzene rings is 5. The van der Waals surface area contributed by atoms with Crippen molar-refractivity contribution >= 4 is 11.6 Å². The van der Waals surface area contributed by atoms with Crippen molar-refractivity contribution in [1.29, 1.82) is 0 Å². The summed E-state index contributed by atoms with van der Waals surface area (Å²) in [6, 6.07) is 42.8. The maximum Gasteiger partial charge on any atom is 0.240 e. The highest BCUT2D eigenvalue weighted by Gasteiger charge is 2.44. The van der Waals surface area contributed by atoms with Crippen molar-refractivity contribution in [1.82, 2.24) is 0 Å². The smallest absolute Gasteiger partial charge is 0.240 e. The van der Waals surface area contributed by atoms with Crippen LogP contribution in [0.15, 0.2) is 127 Å². The van der Waals surface area contributed by atoms with E-state index in [1.807, 2.05) is 77.7 Å². The second-order valence-corrected chi connectivity index (χ2v) is 10.6. The van der Waals surface area contributed by atoms with E-state index in [4.69, 9.17) is 9.47 Å². The van der Waals surface area contributed by atoms with Gasteiger partial charge in [0.1, 0.15) is 18.1 Å². The Morgan fingerprint density at radius 3 is 2.10 bits per heavy atom. The zero-order valence-corrected chi connectivity index (χ0v) is 22.8. The van der Waals surface area contributed by atoms with Gasteiger partial charge in [0.05, 0.1) is 18.6 Å². The number of amides is 1. The van der Waals surface area contributed by atoms with Crippen LogP contribution in [0.5, 0.6) is 11.5 Å². The largest absolute Gasteiger partial charge is 0.493 e. The van der Waals surface area contributed by atoms with Gasteiger partial charge in [-0.05, 0) is 52.8 Å². The third-order valence-electron chi connectivity index (χ3n) is 8.07. The molecule has 1 unspecified atom stereocenters. The number of aryl methyl sites for hydroxylation is 1. The number of fused-ring (bicyclic) bond motifs is 2. The number of ether oxygens (including phenoxy) is 2. The van der Waals surface area contributed by atoms with Crippen LogP contribution in [0.1, 0.15) is 51.8 Å². The molecule has 0 saturated carbocycles. The topological polar surface area (TPSA) is 38.8 Å². The van der Waals surface area contributed by atoms with Crippen molar-refractivity contribution < 1.29 is 14.3 Å². The molecule has 0 fully saturated rings. The van der Waals surface area contributed by atoms with E-state index in [2.05, 4.69) is 54.6 Å². The predicted octanol–water partition coefficient (Wildman–Crippen LogP) is 7.86. The average molecular weight is 538 g/mol. The number of carbonyl (C=O) groups is 1. The molecule has 4 nitrogen and oxygen atoms in total. The Kier molecular flexibility index (Phi) is 6.73.